The number of nitrogens with zero attached hydrogens (tertiary/aromatic N) is 1. The van der Waals surface area contributed by atoms with Gasteiger partial charge in [0.2, 0.25) is 0 Å². The molecule has 1 aliphatic heterocycles. The summed E-state index contributed by atoms with van der Waals surface area (Å²) in [6, 6.07) is 1.78. The number of ether oxygens (including phenoxy) is 1. The van der Waals surface area contributed by atoms with E-state index < -0.39 is 0 Å². The second-order valence-electron chi connectivity index (χ2n) is 4.92. The van der Waals surface area contributed by atoms with Crippen LogP contribution in [0.4, 0.5) is 4.79 Å². The highest BCUT2D eigenvalue weighted by Gasteiger charge is 2.25. The average Bonchev–Trinajstić information content (AvgIpc) is 2.86. The minimum absolute atomic E-state index is 0.0681. The molecule has 1 aliphatic rings. The number of amides is 2. The van der Waals surface area contributed by atoms with Crippen molar-refractivity contribution in [2.24, 2.45) is 0 Å². The molecule has 0 bridgehead atoms. The van der Waals surface area contributed by atoms with E-state index in [1.165, 1.54) is 0 Å². The molecule has 1 fully saturated rings. The number of hydrogen-bond acceptors (Lipinski definition) is 4. The molecule has 2 amide bonds. The average molecular weight is 280 g/mol. The van der Waals surface area contributed by atoms with Crippen molar-refractivity contribution in [1.82, 2.24) is 10.2 Å². The number of carbonyl (C=O) groups is 2. The van der Waals surface area contributed by atoms with Crippen LogP contribution in [0.2, 0.25) is 0 Å². The van der Waals surface area contributed by atoms with Crippen LogP contribution in [0.1, 0.15) is 35.9 Å². The fraction of sp³-hybridized carbons (Fsp3) is 0.571. The molecular formula is C14H20N2O4. The molecular weight excluding hydrogens is 260 g/mol. The van der Waals surface area contributed by atoms with Crippen molar-refractivity contribution >= 4 is 12.0 Å². The van der Waals surface area contributed by atoms with Crippen LogP contribution in [0.5, 0.6) is 0 Å². The molecule has 110 valence electrons. The van der Waals surface area contributed by atoms with Crippen molar-refractivity contribution < 1.29 is 18.7 Å². The zero-order valence-corrected chi connectivity index (χ0v) is 11.8. The van der Waals surface area contributed by atoms with Gasteiger partial charge in [0, 0.05) is 19.1 Å². The summed E-state index contributed by atoms with van der Waals surface area (Å²) in [5.41, 5.74) is 0.923. The van der Waals surface area contributed by atoms with E-state index in [1.807, 2.05) is 6.92 Å². The fourth-order valence-corrected chi connectivity index (χ4v) is 2.23. The highest BCUT2D eigenvalue weighted by molar-refractivity contribution is 5.91. The van der Waals surface area contributed by atoms with Crippen LogP contribution < -0.4 is 5.32 Å². The maximum Gasteiger partial charge on any atom is 0.409 e. The molecule has 0 unspecified atom stereocenters. The Morgan fingerprint density at radius 1 is 1.45 bits per heavy atom. The lowest BCUT2D eigenvalue weighted by atomic mass is 10.1. The maximum absolute atomic E-state index is 11.9. The largest absolute Gasteiger partial charge is 0.459 e. The van der Waals surface area contributed by atoms with E-state index in [0.717, 1.165) is 18.4 Å². The van der Waals surface area contributed by atoms with Gasteiger partial charge in [0.05, 0.1) is 12.9 Å². The zero-order chi connectivity index (χ0) is 14.5. The van der Waals surface area contributed by atoms with Crippen molar-refractivity contribution in [2.75, 3.05) is 19.7 Å². The summed E-state index contributed by atoms with van der Waals surface area (Å²) in [5, 5.41) is 2.93. The maximum atomic E-state index is 11.9. The van der Waals surface area contributed by atoms with Gasteiger partial charge in [0.25, 0.3) is 5.91 Å². The van der Waals surface area contributed by atoms with Crippen LogP contribution in [-0.2, 0) is 4.74 Å². The summed E-state index contributed by atoms with van der Waals surface area (Å²) in [4.78, 5) is 25.2. The van der Waals surface area contributed by atoms with Crippen LogP contribution in [0, 0.1) is 6.92 Å². The summed E-state index contributed by atoms with van der Waals surface area (Å²) in [5.74, 6) is 0.128. The Kier molecular flexibility index (Phi) is 4.65. The zero-order valence-electron chi connectivity index (χ0n) is 11.8. The Morgan fingerprint density at radius 2 is 2.15 bits per heavy atom. The van der Waals surface area contributed by atoms with E-state index in [4.69, 9.17) is 9.15 Å². The quantitative estimate of drug-likeness (QED) is 0.918. The number of furan rings is 1. The Bertz CT molecular complexity index is 475. The lowest BCUT2D eigenvalue weighted by Gasteiger charge is -2.31. The van der Waals surface area contributed by atoms with E-state index in [0.29, 0.717) is 25.5 Å². The van der Waals surface area contributed by atoms with E-state index in [9.17, 15) is 9.59 Å². The predicted molar refractivity (Wildman–Crippen MR) is 72.5 cm³/mol. The van der Waals surface area contributed by atoms with Gasteiger partial charge in [-0.2, -0.15) is 0 Å². The second kappa shape index (κ2) is 6.45. The van der Waals surface area contributed by atoms with Crippen LogP contribution in [0.15, 0.2) is 16.7 Å². The number of piperidine rings is 1. The molecule has 0 spiro atoms. The second-order valence-corrected chi connectivity index (χ2v) is 4.92. The van der Waals surface area contributed by atoms with Crippen molar-refractivity contribution in [2.45, 2.75) is 32.7 Å². The third kappa shape index (κ3) is 3.53. The van der Waals surface area contributed by atoms with Crippen molar-refractivity contribution in [1.29, 1.82) is 0 Å². The molecule has 2 heterocycles. The summed E-state index contributed by atoms with van der Waals surface area (Å²) >= 11 is 0. The number of nitrogens with one attached hydrogen (secondary N) is 1. The van der Waals surface area contributed by atoms with Gasteiger partial charge in [-0.25, -0.2) is 4.79 Å². The highest BCUT2D eigenvalue weighted by Crippen LogP contribution is 2.13. The van der Waals surface area contributed by atoms with E-state index in [2.05, 4.69) is 5.32 Å². The van der Waals surface area contributed by atoms with Gasteiger partial charge in [-0.1, -0.05) is 0 Å². The minimum atomic E-state index is -0.279. The monoisotopic (exact) mass is 280 g/mol. The third-order valence-electron chi connectivity index (χ3n) is 3.31. The summed E-state index contributed by atoms with van der Waals surface area (Å²) in [6.07, 6.45) is 2.73. The van der Waals surface area contributed by atoms with Gasteiger partial charge in [-0.05, 0) is 38.3 Å². The van der Waals surface area contributed by atoms with Gasteiger partial charge < -0.3 is 19.4 Å². The summed E-state index contributed by atoms with van der Waals surface area (Å²) in [7, 11) is 0. The van der Waals surface area contributed by atoms with Gasteiger partial charge in [0.15, 0.2) is 5.76 Å². The van der Waals surface area contributed by atoms with Gasteiger partial charge in [-0.15, -0.1) is 0 Å². The summed E-state index contributed by atoms with van der Waals surface area (Å²) < 4.78 is 10.1. The smallest absolute Gasteiger partial charge is 0.409 e. The van der Waals surface area contributed by atoms with Crippen molar-refractivity contribution in [3.8, 4) is 0 Å². The van der Waals surface area contributed by atoms with E-state index >= 15 is 0 Å². The molecule has 0 aromatic carbocycles. The van der Waals surface area contributed by atoms with Crippen LogP contribution in [0.25, 0.3) is 0 Å². The number of likely N-dealkylation sites (tertiary alicyclic amines) is 1. The normalized spacial score (nSPS) is 16.0. The number of hydrogen-bond donors (Lipinski definition) is 1. The number of aryl methyl sites for hydroxylation is 1. The van der Waals surface area contributed by atoms with Gasteiger partial charge >= 0.3 is 6.09 Å². The van der Waals surface area contributed by atoms with Crippen LogP contribution in [0.3, 0.4) is 0 Å². The molecule has 20 heavy (non-hydrogen) atoms. The van der Waals surface area contributed by atoms with Crippen LogP contribution >= 0.6 is 0 Å². The first-order valence-corrected chi connectivity index (χ1v) is 6.88. The first kappa shape index (κ1) is 14.4. The lowest BCUT2D eigenvalue weighted by molar-refractivity contribution is 0.0840. The summed E-state index contributed by atoms with van der Waals surface area (Å²) in [6.45, 7) is 5.24. The Hall–Kier alpha value is -1.98. The molecule has 1 saturated heterocycles. The first-order valence-electron chi connectivity index (χ1n) is 6.88. The van der Waals surface area contributed by atoms with Crippen LogP contribution in [-0.4, -0.2) is 42.6 Å². The number of carbonyl (C=O) groups excluding carboxylic acids is 2. The number of rotatable bonds is 3. The van der Waals surface area contributed by atoms with Gasteiger partial charge in [-0.3, -0.25) is 4.79 Å². The molecule has 0 saturated carbocycles. The lowest BCUT2D eigenvalue weighted by Crippen LogP contribution is -2.46. The van der Waals surface area contributed by atoms with Crippen molar-refractivity contribution in [3.63, 3.8) is 0 Å². The topological polar surface area (TPSA) is 71.8 Å². The Labute approximate surface area is 118 Å². The minimum Gasteiger partial charge on any atom is -0.459 e. The van der Waals surface area contributed by atoms with Crippen molar-refractivity contribution in [3.05, 3.63) is 23.7 Å². The standard InChI is InChI=1S/C14H20N2O4/c1-3-19-14(18)16-6-4-11(5-7-16)15-13(17)12-8-10(2)9-20-12/h8-9,11H,3-7H2,1-2H3,(H,15,17). The van der Waals surface area contributed by atoms with E-state index in [-0.39, 0.29) is 18.0 Å². The molecule has 0 aliphatic carbocycles. The molecule has 1 aromatic rings. The molecule has 0 atom stereocenters. The molecule has 1 N–H and O–H groups in total. The highest BCUT2D eigenvalue weighted by atomic mass is 16.6. The Morgan fingerprint density at radius 3 is 2.70 bits per heavy atom. The SMILES string of the molecule is CCOC(=O)N1CCC(NC(=O)c2cc(C)co2)CC1. The van der Waals surface area contributed by atoms with Gasteiger partial charge in [0.1, 0.15) is 0 Å². The molecule has 0 radical (unpaired) electrons. The first-order chi connectivity index (χ1) is 9.60. The molecule has 6 heteroatoms. The fourth-order valence-electron chi connectivity index (χ4n) is 2.23. The Balaban J connectivity index is 1.80. The molecule has 1 aromatic heterocycles. The van der Waals surface area contributed by atoms with E-state index in [1.54, 1.807) is 24.2 Å². The predicted octanol–water partition coefficient (Wildman–Crippen LogP) is 1.94. The molecule has 2 rings (SSSR count). The molecule has 6 nitrogen and oxygen atoms in total. The third-order valence-corrected chi connectivity index (χ3v) is 3.31.